The van der Waals surface area contributed by atoms with Gasteiger partial charge in [0, 0.05) is 28.2 Å². The molecule has 0 saturated carbocycles. The summed E-state index contributed by atoms with van der Waals surface area (Å²) in [5.41, 5.74) is 0.00185. The highest BCUT2D eigenvalue weighted by Gasteiger charge is 2.16. The van der Waals surface area contributed by atoms with Crippen molar-refractivity contribution in [1.29, 1.82) is 0 Å². The van der Waals surface area contributed by atoms with Crippen LogP contribution < -0.4 is 27.9 Å². The summed E-state index contributed by atoms with van der Waals surface area (Å²) in [6.07, 6.45) is 1.00. The summed E-state index contributed by atoms with van der Waals surface area (Å²) in [5, 5.41) is 13.7. The summed E-state index contributed by atoms with van der Waals surface area (Å²) >= 11 is 0. The van der Waals surface area contributed by atoms with Gasteiger partial charge >= 0.3 is 11.4 Å². The number of anilines is 1. The number of nitrogens with one attached hydrogen (secondary N) is 2. The van der Waals surface area contributed by atoms with Gasteiger partial charge in [-0.1, -0.05) is 0 Å². The van der Waals surface area contributed by atoms with E-state index in [4.69, 9.17) is 0 Å². The third-order valence-electron chi connectivity index (χ3n) is 4.16. The highest BCUT2D eigenvalue weighted by molar-refractivity contribution is 5.82. The largest absolute Gasteiger partial charge is 0.494 e. The zero-order valence-electron chi connectivity index (χ0n) is 14.8. The Balaban J connectivity index is 2.06. The van der Waals surface area contributed by atoms with Gasteiger partial charge in [-0.25, -0.2) is 15.0 Å². The molecule has 3 N–H and O–H groups in total. The molecular weight excluding hydrogens is 360 g/mol. The number of aromatic amines is 1. The predicted octanol–water partition coefficient (Wildman–Crippen LogP) is -2.49. The van der Waals surface area contributed by atoms with E-state index in [9.17, 15) is 24.3 Å². The fourth-order valence-corrected chi connectivity index (χ4v) is 2.52. The van der Waals surface area contributed by atoms with Crippen molar-refractivity contribution in [3.8, 4) is 5.88 Å². The Hall–Kier alpha value is -3.90. The number of aromatic hydroxyl groups is 1. The van der Waals surface area contributed by atoms with Crippen molar-refractivity contribution in [2.45, 2.75) is 0 Å². The number of nitrogens with zero attached hydrogens (tertiary/aromatic N) is 6. The maximum absolute atomic E-state index is 12.3. The molecule has 0 aliphatic rings. The number of hydrogen-bond donors (Lipinski definition) is 3. The molecule has 0 amide bonds. The van der Waals surface area contributed by atoms with Crippen LogP contribution in [0.4, 0.5) is 5.95 Å². The first-order valence-corrected chi connectivity index (χ1v) is 7.59. The zero-order valence-corrected chi connectivity index (χ0v) is 14.8. The molecular formula is C14H16N8O5. The molecule has 0 aliphatic carbocycles. The predicted molar refractivity (Wildman–Crippen MR) is 96.4 cm³/mol. The second kappa shape index (κ2) is 6.12. The molecule has 3 aromatic heterocycles. The van der Waals surface area contributed by atoms with Crippen LogP contribution in [0.15, 0.2) is 24.3 Å². The van der Waals surface area contributed by atoms with E-state index in [1.54, 1.807) is 7.05 Å². The van der Waals surface area contributed by atoms with Crippen molar-refractivity contribution < 1.29 is 5.11 Å². The Morgan fingerprint density at radius 2 is 1.70 bits per heavy atom. The molecule has 3 aromatic rings. The van der Waals surface area contributed by atoms with E-state index >= 15 is 0 Å². The summed E-state index contributed by atoms with van der Waals surface area (Å²) in [5.74, 6) is -0.434. The lowest BCUT2D eigenvalue weighted by atomic mass is 10.3. The van der Waals surface area contributed by atoms with Crippen LogP contribution in [0.2, 0.25) is 0 Å². The molecule has 13 nitrogen and oxygen atoms in total. The fourth-order valence-electron chi connectivity index (χ4n) is 2.52. The summed E-state index contributed by atoms with van der Waals surface area (Å²) in [4.78, 5) is 53.6. The molecule has 0 atom stereocenters. The summed E-state index contributed by atoms with van der Waals surface area (Å²) in [6.45, 7) is 0. The lowest BCUT2D eigenvalue weighted by Crippen LogP contribution is -2.37. The number of rotatable bonds is 3. The minimum Gasteiger partial charge on any atom is -0.494 e. The Bertz CT molecular complexity index is 1330. The SMILES string of the molecule is Cn1c(O)c(/C=N\Nc2nc3c(c(=O)n(C)c(=O)n3C)n2C)c(=O)[nH]c1=O. The van der Waals surface area contributed by atoms with E-state index in [0.717, 1.165) is 15.3 Å². The van der Waals surface area contributed by atoms with Crippen molar-refractivity contribution in [2.75, 3.05) is 5.43 Å². The van der Waals surface area contributed by atoms with Crippen LogP contribution in [-0.4, -0.2) is 39.6 Å². The van der Waals surface area contributed by atoms with Gasteiger partial charge in [-0.15, -0.1) is 0 Å². The van der Waals surface area contributed by atoms with Gasteiger partial charge in [-0.05, 0) is 0 Å². The van der Waals surface area contributed by atoms with Crippen LogP contribution in [0.3, 0.4) is 0 Å². The Morgan fingerprint density at radius 3 is 2.37 bits per heavy atom. The molecule has 0 radical (unpaired) electrons. The molecule has 0 fully saturated rings. The summed E-state index contributed by atoms with van der Waals surface area (Å²) in [6, 6.07) is 0. The number of hydrogen-bond acceptors (Lipinski definition) is 8. The Labute approximate surface area is 149 Å². The number of H-pyrrole nitrogens is 1. The average molecular weight is 376 g/mol. The quantitative estimate of drug-likeness (QED) is 0.336. The number of aryl methyl sites for hydroxylation is 2. The van der Waals surface area contributed by atoms with Gasteiger partial charge in [0.2, 0.25) is 11.8 Å². The van der Waals surface area contributed by atoms with Gasteiger partial charge in [0.25, 0.3) is 11.1 Å². The van der Waals surface area contributed by atoms with Gasteiger partial charge in [-0.2, -0.15) is 10.1 Å². The monoisotopic (exact) mass is 376 g/mol. The van der Waals surface area contributed by atoms with Crippen molar-refractivity contribution >= 4 is 23.3 Å². The van der Waals surface area contributed by atoms with E-state index in [0.29, 0.717) is 0 Å². The zero-order chi connectivity index (χ0) is 20.0. The van der Waals surface area contributed by atoms with Crippen LogP contribution >= 0.6 is 0 Å². The van der Waals surface area contributed by atoms with Crippen LogP contribution in [-0.2, 0) is 28.2 Å². The number of aromatic nitrogens is 6. The first-order chi connectivity index (χ1) is 12.6. The van der Waals surface area contributed by atoms with Crippen LogP contribution in [0.25, 0.3) is 11.2 Å². The average Bonchev–Trinajstić information content (AvgIpc) is 2.96. The van der Waals surface area contributed by atoms with Crippen molar-refractivity contribution in [3.63, 3.8) is 0 Å². The van der Waals surface area contributed by atoms with E-state index < -0.39 is 28.4 Å². The first-order valence-electron chi connectivity index (χ1n) is 7.59. The molecule has 0 spiro atoms. The molecule has 3 rings (SSSR count). The van der Waals surface area contributed by atoms with E-state index in [1.165, 1.54) is 30.3 Å². The third kappa shape index (κ3) is 2.65. The molecule has 142 valence electrons. The highest BCUT2D eigenvalue weighted by Crippen LogP contribution is 2.13. The van der Waals surface area contributed by atoms with Crippen LogP contribution in [0, 0.1) is 0 Å². The number of imidazole rings is 1. The fraction of sp³-hybridized carbons (Fsp3) is 0.286. The van der Waals surface area contributed by atoms with Crippen LogP contribution in [0.5, 0.6) is 5.88 Å². The smallest absolute Gasteiger partial charge is 0.332 e. The van der Waals surface area contributed by atoms with Gasteiger partial charge in [0.05, 0.1) is 6.21 Å². The van der Waals surface area contributed by atoms with Gasteiger partial charge in [0.1, 0.15) is 5.56 Å². The van der Waals surface area contributed by atoms with E-state index in [-0.39, 0.29) is 22.7 Å². The Kier molecular flexibility index (Phi) is 4.06. The van der Waals surface area contributed by atoms with Gasteiger partial charge in [-0.3, -0.25) is 28.3 Å². The first kappa shape index (κ1) is 17.9. The lowest BCUT2D eigenvalue weighted by molar-refractivity contribution is 0.417. The molecule has 13 heteroatoms. The van der Waals surface area contributed by atoms with Crippen LogP contribution in [0.1, 0.15) is 5.56 Å². The number of hydrazone groups is 1. The number of fused-ring (bicyclic) bond motifs is 1. The second-order valence-corrected chi connectivity index (χ2v) is 5.80. The molecule has 3 heterocycles. The molecule has 27 heavy (non-hydrogen) atoms. The maximum atomic E-state index is 12.3. The van der Waals surface area contributed by atoms with Gasteiger partial charge < -0.3 is 9.67 Å². The highest BCUT2D eigenvalue weighted by atomic mass is 16.3. The molecule has 0 aliphatic heterocycles. The minimum absolute atomic E-state index is 0.125. The van der Waals surface area contributed by atoms with E-state index in [1.807, 2.05) is 4.98 Å². The standard InChI is InChI=1S/C14H16N8O5/c1-19-7-8(20(2)14(27)22(4)11(7)25)16-12(19)18-15-5-6-9(23)17-13(26)21(3)10(6)24/h5,24H,1-4H3,(H,16,18)(H,17,23,26)/b15-5-. The minimum atomic E-state index is -0.817. The molecule has 0 unspecified atom stereocenters. The topological polar surface area (TPSA) is 161 Å². The van der Waals surface area contributed by atoms with Crippen molar-refractivity contribution in [2.24, 2.45) is 33.3 Å². The second-order valence-electron chi connectivity index (χ2n) is 5.80. The molecule has 0 saturated heterocycles. The Morgan fingerprint density at radius 1 is 1.04 bits per heavy atom. The molecule has 0 bridgehead atoms. The third-order valence-corrected chi connectivity index (χ3v) is 4.16. The van der Waals surface area contributed by atoms with Crippen molar-refractivity contribution in [1.82, 2.24) is 28.2 Å². The van der Waals surface area contributed by atoms with Crippen molar-refractivity contribution in [3.05, 3.63) is 47.2 Å². The molecule has 0 aromatic carbocycles. The van der Waals surface area contributed by atoms with E-state index in [2.05, 4.69) is 15.5 Å². The summed E-state index contributed by atoms with van der Waals surface area (Å²) < 4.78 is 4.42. The summed E-state index contributed by atoms with van der Waals surface area (Å²) in [7, 11) is 5.67. The maximum Gasteiger partial charge on any atom is 0.332 e. The lowest BCUT2D eigenvalue weighted by Gasteiger charge is -2.04. The van der Waals surface area contributed by atoms with Gasteiger partial charge in [0.15, 0.2) is 11.2 Å². The normalized spacial score (nSPS) is 11.6.